The minimum absolute atomic E-state index is 0.689. The summed E-state index contributed by atoms with van der Waals surface area (Å²) in [6.45, 7) is 5.64. The predicted molar refractivity (Wildman–Crippen MR) is 130 cm³/mol. The van der Waals surface area contributed by atoms with Gasteiger partial charge in [0, 0.05) is 0 Å². The van der Waals surface area contributed by atoms with Crippen LogP contribution in [0.5, 0.6) is 0 Å². The summed E-state index contributed by atoms with van der Waals surface area (Å²) < 4.78 is 5.73. The van der Waals surface area contributed by atoms with E-state index in [0.717, 1.165) is 24.9 Å². The van der Waals surface area contributed by atoms with Gasteiger partial charge in [-0.15, -0.1) is 0 Å². The third-order valence-electron chi connectivity index (χ3n) is 6.43. The lowest BCUT2D eigenvalue weighted by atomic mass is 9.77. The molecule has 2 aromatic rings. The summed E-state index contributed by atoms with van der Waals surface area (Å²) in [5.41, 5.74) is 5.35. The Morgan fingerprint density at radius 1 is 0.767 bits per heavy atom. The lowest BCUT2D eigenvalue weighted by Crippen LogP contribution is -2.13. The summed E-state index contributed by atoms with van der Waals surface area (Å²) in [5, 5.41) is 0. The Hall–Kier alpha value is -2.12. The monoisotopic (exact) mass is 402 g/mol. The summed E-state index contributed by atoms with van der Waals surface area (Å²) in [7, 11) is 0. The molecule has 1 aliphatic rings. The molecule has 0 bridgehead atoms. The highest BCUT2D eigenvalue weighted by atomic mass is 16.5. The van der Waals surface area contributed by atoms with Gasteiger partial charge in [0.2, 0.25) is 0 Å². The van der Waals surface area contributed by atoms with Gasteiger partial charge in [0.15, 0.2) is 0 Å². The molecule has 160 valence electrons. The number of hydrogen-bond donors (Lipinski definition) is 0. The lowest BCUT2D eigenvalue weighted by Gasteiger charge is -2.28. The van der Waals surface area contributed by atoms with E-state index < -0.39 is 0 Å². The second-order valence-corrected chi connectivity index (χ2v) is 8.59. The molecule has 0 heterocycles. The second kappa shape index (κ2) is 12.5. The van der Waals surface area contributed by atoms with E-state index in [2.05, 4.69) is 79.8 Å². The molecule has 1 heteroatoms. The van der Waals surface area contributed by atoms with Crippen LogP contribution in [0.4, 0.5) is 0 Å². The summed E-state index contributed by atoms with van der Waals surface area (Å²) in [6, 6.07) is 18.1. The Bertz CT molecular complexity index is 774. The van der Waals surface area contributed by atoms with Crippen LogP contribution in [0.25, 0.3) is 11.1 Å². The quantitative estimate of drug-likeness (QED) is 0.286. The molecule has 0 saturated heterocycles. The van der Waals surface area contributed by atoms with Crippen molar-refractivity contribution in [2.45, 2.75) is 71.3 Å². The van der Waals surface area contributed by atoms with E-state index in [1.54, 1.807) is 0 Å². The highest BCUT2D eigenvalue weighted by Crippen LogP contribution is 2.38. The first-order chi connectivity index (χ1) is 14.8. The Labute approximate surface area is 183 Å². The normalized spacial score (nSPS) is 19.7. The summed E-state index contributed by atoms with van der Waals surface area (Å²) >= 11 is 0. The van der Waals surface area contributed by atoms with Gasteiger partial charge in [-0.05, 0) is 92.9 Å². The van der Waals surface area contributed by atoms with Gasteiger partial charge in [0.05, 0.1) is 13.2 Å². The van der Waals surface area contributed by atoms with Crippen LogP contribution in [0.2, 0.25) is 0 Å². The molecule has 1 nitrogen and oxygen atoms in total. The van der Waals surface area contributed by atoms with Crippen molar-refractivity contribution in [2.75, 3.05) is 6.61 Å². The van der Waals surface area contributed by atoms with Crippen molar-refractivity contribution in [3.63, 3.8) is 0 Å². The molecule has 1 aliphatic carbocycles. The molecular formula is C29H38O. The molecule has 30 heavy (non-hydrogen) atoms. The van der Waals surface area contributed by atoms with Gasteiger partial charge in [-0.1, -0.05) is 72.8 Å². The predicted octanol–water partition coefficient (Wildman–Crippen LogP) is 8.47. The first-order valence-electron chi connectivity index (χ1n) is 11.8. The van der Waals surface area contributed by atoms with Crippen LogP contribution in [0, 0.1) is 5.92 Å². The summed E-state index contributed by atoms with van der Waals surface area (Å²) in [4.78, 5) is 0. The number of benzene rings is 2. The van der Waals surface area contributed by atoms with Gasteiger partial charge < -0.3 is 4.74 Å². The van der Waals surface area contributed by atoms with Crippen molar-refractivity contribution in [3.8, 4) is 11.1 Å². The Morgan fingerprint density at radius 3 is 2.00 bits per heavy atom. The molecule has 0 aliphatic heterocycles. The van der Waals surface area contributed by atoms with Crippen LogP contribution in [-0.2, 0) is 11.3 Å². The van der Waals surface area contributed by atoms with Crippen LogP contribution < -0.4 is 0 Å². The molecule has 0 spiro atoms. The van der Waals surface area contributed by atoms with Crippen molar-refractivity contribution < 1.29 is 4.74 Å². The minimum Gasteiger partial charge on any atom is -0.376 e. The smallest absolute Gasteiger partial charge is 0.0717 e. The topological polar surface area (TPSA) is 9.23 Å². The van der Waals surface area contributed by atoms with Gasteiger partial charge in [-0.2, -0.15) is 0 Å². The van der Waals surface area contributed by atoms with Crippen LogP contribution in [-0.4, -0.2) is 6.61 Å². The number of hydrogen-bond acceptors (Lipinski definition) is 1. The molecular weight excluding hydrogens is 364 g/mol. The lowest BCUT2D eigenvalue weighted by molar-refractivity contribution is 0.125. The third-order valence-corrected chi connectivity index (χ3v) is 6.43. The Kier molecular flexibility index (Phi) is 9.44. The van der Waals surface area contributed by atoms with E-state index in [1.165, 1.54) is 60.8 Å². The number of allylic oxidation sites excluding steroid dienone is 3. The maximum Gasteiger partial charge on any atom is 0.0717 e. The fourth-order valence-corrected chi connectivity index (χ4v) is 4.53. The zero-order chi connectivity index (χ0) is 21.0. The van der Waals surface area contributed by atoms with Crippen LogP contribution in [0.1, 0.15) is 75.8 Å². The van der Waals surface area contributed by atoms with E-state index in [1.807, 2.05) is 6.92 Å². The molecule has 0 aromatic heterocycles. The molecule has 0 N–H and O–H groups in total. The highest BCUT2D eigenvalue weighted by Gasteiger charge is 2.21. The fourth-order valence-electron chi connectivity index (χ4n) is 4.53. The zero-order valence-electron chi connectivity index (χ0n) is 18.9. The first kappa shape index (κ1) is 22.6. The minimum atomic E-state index is 0.689. The van der Waals surface area contributed by atoms with E-state index in [0.29, 0.717) is 6.61 Å². The Balaban J connectivity index is 1.48. The van der Waals surface area contributed by atoms with Crippen LogP contribution in [0.15, 0.2) is 72.8 Å². The molecule has 3 rings (SSSR count). The molecule has 0 radical (unpaired) electrons. The first-order valence-corrected chi connectivity index (χ1v) is 11.8. The van der Waals surface area contributed by atoms with Crippen LogP contribution >= 0.6 is 0 Å². The standard InChI is InChI=1S/C29H38O/c1-3-5-7-9-24-10-14-26(15-11-24)28-18-20-29(21-19-28)27-16-12-25(13-17-27)23-30-22-8-6-4-2/h3-6,12-13,16-21,24,26H,7-11,14-15,22-23H2,1-2H3/b5-3+,6-4+/t24-,26-. The molecule has 0 amide bonds. The average Bonchev–Trinajstić information content (AvgIpc) is 2.80. The van der Waals surface area contributed by atoms with E-state index in [9.17, 15) is 0 Å². The highest BCUT2D eigenvalue weighted by molar-refractivity contribution is 5.64. The van der Waals surface area contributed by atoms with Gasteiger partial charge in [0.1, 0.15) is 0 Å². The van der Waals surface area contributed by atoms with Crippen molar-refractivity contribution in [2.24, 2.45) is 5.92 Å². The van der Waals surface area contributed by atoms with Gasteiger partial charge in [-0.3, -0.25) is 0 Å². The largest absolute Gasteiger partial charge is 0.376 e. The van der Waals surface area contributed by atoms with Crippen LogP contribution in [0.3, 0.4) is 0 Å². The third kappa shape index (κ3) is 6.99. The average molecular weight is 403 g/mol. The fraction of sp³-hybridized carbons (Fsp3) is 0.448. The van der Waals surface area contributed by atoms with E-state index in [-0.39, 0.29) is 0 Å². The van der Waals surface area contributed by atoms with Crippen molar-refractivity contribution in [1.29, 1.82) is 0 Å². The molecule has 1 fully saturated rings. The van der Waals surface area contributed by atoms with Gasteiger partial charge >= 0.3 is 0 Å². The van der Waals surface area contributed by atoms with Crippen molar-refractivity contribution in [1.82, 2.24) is 0 Å². The maximum atomic E-state index is 5.73. The van der Waals surface area contributed by atoms with Crippen molar-refractivity contribution >= 4 is 0 Å². The van der Waals surface area contributed by atoms with E-state index >= 15 is 0 Å². The molecule has 0 unspecified atom stereocenters. The van der Waals surface area contributed by atoms with E-state index in [4.69, 9.17) is 4.74 Å². The second-order valence-electron chi connectivity index (χ2n) is 8.59. The number of ether oxygens (including phenoxy) is 1. The summed E-state index contributed by atoms with van der Waals surface area (Å²) in [5.74, 6) is 1.68. The molecule has 1 saturated carbocycles. The van der Waals surface area contributed by atoms with Gasteiger partial charge in [0.25, 0.3) is 0 Å². The zero-order valence-corrected chi connectivity index (χ0v) is 18.9. The Morgan fingerprint density at radius 2 is 1.37 bits per heavy atom. The molecule has 0 atom stereocenters. The number of rotatable bonds is 10. The summed E-state index contributed by atoms with van der Waals surface area (Å²) in [6.07, 6.45) is 17.8. The molecule has 2 aromatic carbocycles. The van der Waals surface area contributed by atoms with Gasteiger partial charge in [-0.25, -0.2) is 0 Å². The maximum absolute atomic E-state index is 5.73. The SMILES string of the molecule is C/C=C/CCOCc1ccc(-c2ccc([C@H]3CC[C@H](CC/C=C/C)CC3)cc2)cc1. The van der Waals surface area contributed by atoms with Crippen molar-refractivity contribution in [3.05, 3.63) is 84.0 Å².